The molecule has 1 atom stereocenters. The summed E-state index contributed by atoms with van der Waals surface area (Å²) in [5, 5.41) is 13.0. The van der Waals surface area contributed by atoms with Gasteiger partial charge in [0, 0.05) is 48.7 Å². The zero-order chi connectivity index (χ0) is 17.3. The Hall–Kier alpha value is -0.340. The van der Waals surface area contributed by atoms with Crippen LogP contribution in [0.3, 0.4) is 0 Å². The molecular weight excluding hydrogens is 409 g/mol. The van der Waals surface area contributed by atoms with Crippen LogP contribution in [0.1, 0.15) is 31.0 Å². The van der Waals surface area contributed by atoms with Gasteiger partial charge in [0.2, 0.25) is 0 Å². The summed E-state index contributed by atoms with van der Waals surface area (Å²) in [7, 11) is 0. The Bertz CT molecular complexity index is 549. The van der Waals surface area contributed by atoms with Crippen LogP contribution in [0.4, 0.5) is 13.2 Å². The third-order valence-corrected chi connectivity index (χ3v) is 4.69. The molecule has 1 saturated heterocycles. The lowest BCUT2D eigenvalue weighted by Gasteiger charge is -2.43. The van der Waals surface area contributed by atoms with E-state index in [1.165, 1.54) is 6.07 Å². The molecule has 0 bridgehead atoms. The first-order valence-electron chi connectivity index (χ1n) is 7.58. The standard InChI is InChI=1S/C16H22BrF3N2O.ClH/c1-15(2,10-23)14(22-5-3-21-4-6-22)11-7-12(16(18,19)20)9-13(17)8-11;/h7-9,14,21,23H,3-6,10H2,1-2H3;1H/t14-;/m0./s1. The zero-order valence-electron chi connectivity index (χ0n) is 13.7. The fourth-order valence-corrected chi connectivity index (χ4v) is 3.63. The van der Waals surface area contributed by atoms with E-state index in [0.29, 0.717) is 10.0 Å². The largest absolute Gasteiger partial charge is 0.416 e. The summed E-state index contributed by atoms with van der Waals surface area (Å²) >= 11 is 3.19. The lowest BCUT2D eigenvalue weighted by atomic mass is 9.79. The van der Waals surface area contributed by atoms with Crippen LogP contribution in [-0.4, -0.2) is 42.8 Å². The molecule has 2 rings (SSSR count). The fourth-order valence-electron chi connectivity index (χ4n) is 3.12. The van der Waals surface area contributed by atoms with Crippen molar-refractivity contribution in [3.05, 3.63) is 33.8 Å². The lowest BCUT2D eigenvalue weighted by Crippen LogP contribution is -2.49. The second-order valence-electron chi connectivity index (χ2n) is 6.61. The van der Waals surface area contributed by atoms with Crippen LogP contribution in [0.25, 0.3) is 0 Å². The van der Waals surface area contributed by atoms with Gasteiger partial charge in [-0.15, -0.1) is 12.4 Å². The average Bonchev–Trinajstić information content (AvgIpc) is 2.47. The van der Waals surface area contributed by atoms with Crippen molar-refractivity contribution in [3.63, 3.8) is 0 Å². The van der Waals surface area contributed by atoms with Crippen molar-refractivity contribution >= 4 is 28.3 Å². The monoisotopic (exact) mass is 430 g/mol. The number of alkyl halides is 3. The van der Waals surface area contributed by atoms with E-state index in [9.17, 15) is 18.3 Å². The Morgan fingerprint density at radius 2 is 1.79 bits per heavy atom. The number of nitrogens with one attached hydrogen (secondary N) is 1. The second kappa shape index (κ2) is 8.36. The highest BCUT2D eigenvalue weighted by Gasteiger charge is 2.38. The summed E-state index contributed by atoms with van der Waals surface area (Å²) in [6.07, 6.45) is -4.39. The molecule has 1 fully saturated rings. The number of aliphatic hydroxyl groups is 1. The number of hydrogen-bond donors (Lipinski definition) is 2. The van der Waals surface area contributed by atoms with E-state index in [4.69, 9.17) is 0 Å². The maximum atomic E-state index is 13.1. The van der Waals surface area contributed by atoms with Crippen LogP contribution >= 0.6 is 28.3 Å². The number of halogens is 5. The number of benzene rings is 1. The molecule has 3 nitrogen and oxygen atoms in total. The SMILES string of the molecule is CC(C)(CO)[C@H](c1cc(Br)cc(C(F)(F)F)c1)N1CCNCC1.Cl. The normalized spacial score (nSPS) is 18.1. The van der Waals surface area contributed by atoms with Gasteiger partial charge in [0.25, 0.3) is 0 Å². The molecule has 1 aliphatic heterocycles. The minimum atomic E-state index is -4.39. The Balaban J connectivity index is 0.00000288. The fraction of sp³-hybridized carbons (Fsp3) is 0.625. The van der Waals surface area contributed by atoms with Gasteiger partial charge in [0.15, 0.2) is 0 Å². The van der Waals surface area contributed by atoms with Gasteiger partial charge in [-0.05, 0) is 23.8 Å². The number of hydrogen-bond acceptors (Lipinski definition) is 3. The molecule has 0 aromatic heterocycles. The first-order valence-corrected chi connectivity index (χ1v) is 8.38. The molecule has 2 N–H and O–H groups in total. The van der Waals surface area contributed by atoms with Gasteiger partial charge in [-0.25, -0.2) is 0 Å². The third kappa shape index (κ3) is 5.08. The highest BCUT2D eigenvalue weighted by Crippen LogP contribution is 2.41. The van der Waals surface area contributed by atoms with Crippen LogP contribution in [0, 0.1) is 5.41 Å². The predicted molar refractivity (Wildman–Crippen MR) is 94.4 cm³/mol. The maximum absolute atomic E-state index is 13.1. The van der Waals surface area contributed by atoms with Crippen molar-refractivity contribution in [2.24, 2.45) is 5.41 Å². The van der Waals surface area contributed by atoms with Crippen molar-refractivity contribution in [3.8, 4) is 0 Å². The number of aliphatic hydroxyl groups excluding tert-OH is 1. The van der Waals surface area contributed by atoms with Crippen molar-refractivity contribution < 1.29 is 18.3 Å². The molecule has 0 radical (unpaired) electrons. The van der Waals surface area contributed by atoms with E-state index >= 15 is 0 Å². The quantitative estimate of drug-likeness (QED) is 0.760. The topological polar surface area (TPSA) is 35.5 Å². The molecule has 0 spiro atoms. The number of piperazine rings is 1. The molecule has 1 aromatic carbocycles. The molecule has 1 heterocycles. The predicted octanol–water partition coefficient (Wildman–Crippen LogP) is 3.85. The molecule has 0 saturated carbocycles. The summed E-state index contributed by atoms with van der Waals surface area (Å²) < 4.78 is 39.8. The van der Waals surface area contributed by atoms with Crippen LogP contribution in [0.2, 0.25) is 0 Å². The molecule has 1 aliphatic rings. The van der Waals surface area contributed by atoms with Crippen molar-refractivity contribution in [2.45, 2.75) is 26.1 Å². The smallest absolute Gasteiger partial charge is 0.396 e. The van der Waals surface area contributed by atoms with E-state index in [0.717, 1.165) is 32.2 Å². The van der Waals surface area contributed by atoms with Crippen LogP contribution in [0.5, 0.6) is 0 Å². The summed E-state index contributed by atoms with van der Waals surface area (Å²) in [5.74, 6) is 0. The average molecular weight is 432 g/mol. The molecule has 0 aliphatic carbocycles. The van der Waals surface area contributed by atoms with E-state index in [1.54, 1.807) is 6.07 Å². The molecular formula is C16H23BrClF3N2O. The Labute approximate surface area is 155 Å². The second-order valence-corrected chi connectivity index (χ2v) is 7.52. The van der Waals surface area contributed by atoms with Crippen LogP contribution < -0.4 is 5.32 Å². The lowest BCUT2D eigenvalue weighted by molar-refractivity contribution is -0.137. The Kier molecular flexibility index (Phi) is 7.56. The van der Waals surface area contributed by atoms with Gasteiger partial charge in [-0.1, -0.05) is 29.8 Å². The van der Waals surface area contributed by atoms with Gasteiger partial charge < -0.3 is 10.4 Å². The van der Waals surface area contributed by atoms with Gasteiger partial charge in [0.1, 0.15) is 0 Å². The maximum Gasteiger partial charge on any atom is 0.416 e. The van der Waals surface area contributed by atoms with Gasteiger partial charge in [0.05, 0.1) is 5.56 Å². The zero-order valence-corrected chi connectivity index (χ0v) is 16.1. The van der Waals surface area contributed by atoms with Gasteiger partial charge in [-0.3, -0.25) is 4.90 Å². The van der Waals surface area contributed by atoms with E-state index in [1.807, 2.05) is 13.8 Å². The molecule has 0 amide bonds. The first-order chi connectivity index (χ1) is 10.6. The minimum Gasteiger partial charge on any atom is -0.396 e. The van der Waals surface area contributed by atoms with E-state index in [2.05, 4.69) is 26.1 Å². The van der Waals surface area contributed by atoms with Gasteiger partial charge in [-0.2, -0.15) is 13.2 Å². The van der Waals surface area contributed by atoms with E-state index < -0.39 is 17.2 Å². The number of rotatable bonds is 4. The molecule has 138 valence electrons. The summed E-state index contributed by atoms with van der Waals surface area (Å²) in [6, 6.07) is 3.73. The Morgan fingerprint density at radius 3 is 2.29 bits per heavy atom. The molecule has 0 unspecified atom stereocenters. The van der Waals surface area contributed by atoms with E-state index in [-0.39, 0.29) is 25.1 Å². The Morgan fingerprint density at radius 1 is 1.21 bits per heavy atom. The summed E-state index contributed by atoms with van der Waals surface area (Å²) in [4.78, 5) is 2.15. The molecule has 1 aromatic rings. The summed E-state index contributed by atoms with van der Waals surface area (Å²) in [6.45, 7) is 6.72. The molecule has 8 heteroatoms. The summed E-state index contributed by atoms with van der Waals surface area (Å²) in [5.41, 5.74) is -0.649. The van der Waals surface area contributed by atoms with Crippen molar-refractivity contribution in [1.82, 2.24) is 10.2 Å². The van der Waals surface area contributed by atoms with Crippen LogP contribution in [0.15, 0.2) is 22.7 Å². The highest BCUT2D eigenvalue weighted by molar-refractivity contribution is 9.10. The first kappa shape index (κ1) is 21.7. The van der Waals surface area contributed by atoms with Crippen molar-refractivity contribution in [2.75, 3.05) is 32.8 Å². The minimum absolute atomic E-state index is 0. The van der Waals surface area contributed by atoms with Gasteiger partial charge >= 0.3 is 6.18 Å². The molecule has 24 heavy (non-hydrogen) atoms. The highest BCUT2D eigenvalue weighted by atomic mass is 79.9. The number of nitrogens with zero attached hydrogens (tertiary/aromatic N) is 1. The van der Waals surface area contributed by atoms with Crippen molar-refractivity contribution in [1.29, 1.82) is 0 Å². The van der Waals surface area contributed by atoms with Crippen LogP contribution in [-0.2, 0) is 6.18 Å². The third-order valence-electron chi connectivity index (χ3n) is 4.23.